The van der Waals surface area contributed by atoms with Gasteiger partial charge >= 0.3 is 10.2 Å². The second-order valence-corrected chi connectivity index (χ2v) is 8.99. The summed E-state index contributed by atoms with van der Waals surface area (Å²) in [4.78, 5) is 6.08. The van der Waals surface area contributed by atoms with Crippen LogP contribution < -0.4 is 10.6 Å². The van der Waals surface area contributed by atoms with E-state index in [9.17, 15) is 8.42 Å². The van der Waals surface area contributed by atoms with Crippen LogP contribution in [0.3, 0.4) is 0 Å². The van der Waals surface area contributed by atoms with Crippen molar-refractivity contribution in [1.82, 2.24) is 20.5 Å². The number of nitrogens with one attached hydrogen (secondary N) is 2. The SMILES string of the molecule is CN(C)Cc1ccc(CSCCNC2=NS(=O)(=O)N=C2NCc2cccnc2)o1. The van der Waals surface area contributed by atoms with Crippen LogP contribution in [0.5, 0.6) is 0 Å². The van der Waals surface area contributed by atoms with Crippen LogP contribution in [0.1, 0.15) is 17.1 Å². The Balaban J connectivity index is 1.43. The summed E-state index contributed by atoms with van der Waals surface area (Å²) in [6.45, 7) is 1.73. The molecule has 3 heterocycles. The number of thioether (sulfide) groups is 1. The molecule has 9 nitrogen and oxygen atoms in total. The van der Waals surface area contributed by atoms with E-state index in [1.165, 1.54) is 0 Å². The lowest BCUT2D eigenvalue weighted by Gasteiger charge is -2.09. The zero-order chi connectivity index (χ0) is 20.7. The quantitative estimate of drug-likeness (QED) is 0.568. The highest BCUT2D eigenvalue weighted by Crippen LogP contribution is 2.16. The van der Waals surface area contributed by atoms with Crippen molar-refractivity contribution in [2.75, 3.05) is 26.4 Å². The van der Waals surface area contributed by atoms with Gasteiger partial charge in [-0.1, -0.05) is 6.07 Å². The normalized spacial score (nSPS) is 15.3. The summed E-state index contributed by atoms with van der Waals surface area (Å²) < 4.78 is 36.5. The fraction of sp³-hybridized carbons (Fsp3) is 0.389. The zero-order valence-corrected chi connectivity index (χ0v) is 18.0. The van der Waals surface area contributed by atoms with Crippen molar-refractivity contribution in [3.05, 3.63) is 53.7 Å². The first-order valence-corrected chi connectivity index (χ1v) is 11.6. The topological polar surface area (TPSA) is 112 Å². The maximum Gasteiger partial charge on any atom is 0.367 e. The first kappa shape index (κ1) is 21.3. The molecular formula is C18H24N6O3S2. The van der Waals surface area contributed by atoms with Crippen LogP contribution in [0, 0.1) is 0 Å². The van der Waals surface area contributed by atoms with Crippen LogP contribution in [0.15, 0.2) is 49.9 Å². The summed E-state index contributed by atoms with van der Waals surface area (Å²) in [5.74, 6) is 3.83. The number of hydrogen-bond acceptors (Lipinski definition) is 8. The molecular weight excluding hydrogens is 412 g/mol. The van der Waals surface area contributed by atoms with E-state index in [2.05, 4.69) is 29.3 Å². The lowest BCUT2D eigenvalue weighted by atomic mass is 10.3. The lowest BCUT2D eigenvalue weighted by Crippen LogP contribution is -2.39. The minimum absolute atomic E-state index is 0.221. The minimum atomic E-state index is -3.83. The Kier molecular flexibility index (Phi) is 7.29. The average Bonchev–Trinajstić information content (AvgIpc) is 3.23. The molecule has 0 fully saturated rings. The van der Waals surface area contributed by atoms with Gasteiger partial charge in [-0.3, -0.25) is 4.98 Å². The first-order chi connectivity index (χ1) is 13.9. The molecule has 0 bridgehead atoms. The monoisotopic (exact) mass is 436 g/mol. The summed E-state index contributed by atoms with van der Waals surface area (Å²) in [6.07, 6.45) is 3.38. The van der Waals surface area contributed by atoms with Crippen molar-refractivity contribution in [3.63, 3.8) is 0 Å². The van der Waals surface area contributed by atoms with Gasteiger partial charge in [0.25, 0.3) is 0 Å². The highest BCUT2D eigenvalue weighted by atomic mass is 32.2. The Morgan fingerprint density at radius 2 is 1.86 bits per heavy atom. The summed E-state index contributed by atoms with van der Waals surface area (Å²) in [5, 5.41) is 6.05. The van der Waals surface area contributed by atoms with E-state index in [0.717, 1.165) is 35.1 Å². The third kappa shape index (κ3) is 6.87. The van der Waals surface area contributed by atoms with Gasteiger partial charge in [-0.05, 0) is 37.9 Å². The molecule has 29 heavy (non-hydrogen) atoms. The van der Waals surface area contributed by atoms with Gasteiger partial charge in [0.1, 0.15) is 11.5 Å². The first-order valence-electron chi connectivity index (χ1n) is 9.03. The second kappa shape index (κ2) is 9.90. The molecule has 156 valence electrons. The molecule has 11 heteroatoms. The molecule has 0 unspecified atom stereocenters. The Bertz CT molecular complexity index is 970. The molecule has 0 spiro atoms. The molecule has 1 aliphatic heterocycles. The van der Waals surface area contributed by atoms with Gasteiger partial charge in [0.15, 0.2) is 11.7 Å². The fourth-order valence-electron chi connectivity index (χ4n) is 2.57. The molecule has 0 saturated heterocycles. The minimum Gasteiger partial charge on any atom is -0.464 e. The maximum absolute atomic E-state index is 11.7. The van der Waals surface area contributed by atoms with Gasteiger partial charge in [0, 0.05) is 31.2 Å². The van der Waals surface area contributed by atoms with Crippen LogP contribution in [0.4, 0.5) is 0 Å². The van der Waals surface area contributed by atoms with Crippen LogP contribution in [-0.4, -0.2) is 56.4 Å². The van der Waals surface area contributed by atoms with E-state index in [4.69, 9.17) is 4.42 Å². The van der Waals surface area contributed by atoms with E-state index in [1.807, 2.05) is 38.4 Å². The maximum atomic E-state index is 11.7. The number of hydrogen-bond donors (Lipinski definition) is 2. The molecule has 2 aromatic rings. The predicted molar refractivity (Wildman–Crippen MR) is 115 cm³/mol. The number of nitrogens with zero attached hydrogens (tertiary/aromatic N) is 4. The Labute approximate surface area is 174 Å². The van der Waals surface area contributed by atoms with Gasteiger partial charge in [0.05, 0.1) is 12.3 Å². The average molecular weight is 437 g/mol. The number of rotatable bonds is 9. The van der Waals surface area contributed by atoms with Crippen LogP contribution in [-0.2, 0) is 29.1 Å². The smallest absolute Gasteiger partial charge is 0.367 e. The highest BCUT2D eigenvalue weighted by molar-refractivity contribution is 7.98. The summed E-state index contributed by atoms with van der Waals surface area (Å²) in [7, 11) is 0.163. The third-order valence-electron chi connectivity index (χ3n) is 3.79. The van der Waals surface area contributed by atoms with Crippen LogP contribution in [0.25, 0.3) is 0 Å². The molecule has 2 aromatic heterocycles. The van der Waals surface area contributed by atoms with Gasteiger partial charge in [-0.15, -0.1) is 8.80 Å². The molecule has 0 aromatic carbocycles. The molecule has 3 rings (SSSR count). The summed E-state index contributed by atoms with van der Waals surface area (Å²) in [5.41, 5.74) is 0.918. The second-order valence-electron chi connectivity index (χ2n) is 6.63. The van der Waals surface area contributed by atoms with E-state index >= 15 is 0 Å². The number of amidine groups is 2. The molecule has 0 aliphatic carbocycles. The summed E-state index contributed by atoms with van der Waals surface area (Å²) >= 11 is 1.69. The van der Waals surface area contributed by atoms with Gasteiger partial charge in [-0.25, -0.2) is 0 Å². The van der Waals surface area contributed by atoms with Crippen molar-refractivity contribution >= 4 is 33.6 Å². The van der Waals surface area contributed by atoms with Gasteiger partial charge in [0.2, 0.25) is 0 Å². The van der Waals surface area contributed by atoms with Gasteiger partial charge < -0.3 is 20.0 Å². The number of aromatic nitrogens is 1. The van der Waals surface area contributed by atoms with Crippen LogP contribution >= 0.6 is 11.8 Å². The van der Waals surface area contributed by atoms with Gasteiger partial charge in [-0.2, -0.15) is 20.2 Å². The van der Waals surface area contributed by atoms with Crippen molar-refractivity contribution in [2.24, 2.45) is 8.80 Å². The highest BCUT2D eigenvalue weighted by Gasteiger charge is 2.23. The van der Waals surface area contributed by atoms with Crippen LogP contribution in [0.2, 0.25) is 0 Å². The molecule has 2 N–H and O–H groups in total. The van der Waals surface area contributed by atoms with Crippen molar-refractivity contribution < 1.29 is 12.8 Å². The Morgan fingerprint density at radius 1 is 1.10 bits per heavy atom. The van der Waals surface area contributed by atoms with E-state index in [0.29, 0.717) is 13.1 Å². The fourth-order valence-corrected chi connectivity index (χ4v) is 4.12. The Morgan fingerprint density at radius 3 is 2.59 bits per heavy atom. The molecule has 0 atom stereocenters. The number of furan rings is 1. The Hall–Kier alpha value is -2.37. The summed E-state index contributed by atoms with van der Waals surface area (Å²) in [6, 6.07) is 7.68. The molecule has 1 aliphatic rings. The lowest BCUT2D eigenvalue weighted by molar-refractivity contribution is 0.344. The van der Waals surface area contributed by atoms with E-state index in [-0.39, 0.29) is 11.7 Å². The standard InChI is InChI=1S/C18H24N6O3S2/c1-24(2)12-15-5-6-16(27-15)13-28-9-8-20-17-18(23-29(25,26)22-17)21-11-14-4-3-7-19-10-14/h3-7,10H,8-9,11-13H2,1-2H3,(H,20,22)(H,21,23). The van der Waals surface area contributed by atoms with Crippen molar-refractivity contribution in [3.8, 4) is 0 Å². The third-order valence-corrected chi connectivity index (χ3v) is 5.60. The molecule has 0 amide bonds. The predicted octanol–water partition coefficient (Wildman–Crippen LogP) is 1.40. The largest absolute Gasteiger partial charge is 0.464 e. The van der Waals surface area contributed by atoms with Crippen molar-refractivity contribution in [2.45, 2.75) is 18.8 Å². The van der Waals surface area contributed by atoms with E-state index in [1.54, 1.807) is 24.2 Å². The molecule has 0 radical (unpaired) electrons. The number of pyridine rings is 1. The molecule has 0 saturated carbocycles. The van der Waals surface area contributed by atoms with E-state index < -0.39 is 10.2 Å². The zero-order valence-electron chi connectivity index (χ0n) is 16.3. The van der Waals surface area contributed by atoms with Crippen molar-refractivity contribution in [1.29, 1.82) is 0 Å².